The first-order valence-corrected chi connectivity index (χ1v) is 28.7. The SMILES string of the molecule is CC(C)(C)n1ccc2c1N=CCC2=O.CC(C)(C)n1cnc2c(Cl)ccnc21.CC(C)(C)n1cnc2c(N)cccc21.CC(C)(C)n1cnc2c1C=NCC2=O.CC(C)(C)n1cnc2cccnc21.Cc1cc2c(cc1Cl)ncn2C(C)(C)C. The van der Waals surface area contributed by atoms with E-state index in [0.29, 0.717) is 17.1 Å². The van der Waals surface area contributed by atoms with Crippen LogP contribution in [0.25, 0.3) is 44.4 Å². The lowest BCUT2D eigenvalue weighted by Gasteiger charge is -2.23. The topological polar surface area (TPSA) is 205 Å². The lowest BCUT2D eigenvalue weighted by Crippen LogP contribution is -2.25. The van der Waals surface area contributed by atoms with Gasteiger partial charge in [0.2, 0.25) is 5.78 Å². The molecule has 0 radical (unpaired) electrons. The van der Waals surface area contributed by atoms with Gasteiger partial charge >= 0.3 is 0 Å². The Morgan fingerprint density at radius 2 is 1.05 bits per heavy atom. The summed E-state index contributed by atoms with van der Waals surface area (Å²) < 4.78 is 12.4. The van der Waals surface area contributed by atoms with Gasteiger partial charge in [-0.05, 0) is 186 Å². The molecule has 0 atom stereocenters. The van der Waals surface area contributed by atoms with Crippen LogP contribution in [0.15, 0.2) is 115 Å². The third kappa shape index (κ3) is 14.6. The van der Waals surface area contributed by atoms with Crippen molar-refractivity contribution in [3.05, 3.63) is 137 Å². The van der Waals surface area contributed by atoms with E-state index in [2.05, 4.69) is 189 Å². The fraction of sp³-hybridized carbons (Fsp3) is 0.422. The Hall–Kier alpha value is -7.83. The van der Waals surface area contributed by atoms with Crippen molar-refractivity contribution in [1.29, 1.82) is 0 Å². The zero-order valence-electron chi connectivity index (χ0n) is 52.2. The van der Waals surface area contributed by atoms with Crippen molar-refractivity contribution in [3.8, 4) is 0 Å². The third-order valence-corrected chi connectivity index (χ3v) is 14.3. The van der Waals surface area contributed by atoms with E-state index >= 15 is 0 Å². The molecule has 0 fully saturated rings. The monoisotopic (exact) mass is 1180 g/mol. The van der Waals surface area contributed by atoms with E-state index in [9.17, 15) is 9.59 Å². The summed E-state index contributed by atoms with van der Waals surface area (Å²) in [4.78, 5) is 61.2. The summed E-state index contributed by atoms with van der Waals surface area (Å²) in [6.45, 7) is 40.5. The van der Waals surface area contributed by atoms with Crippen LogP contribution in [0.5, 0.6) is 0 Å². The molecule has 2 aliphatic rings. The minimum Gasteiger partial charge on any atom is -0.397 e. The largest absolute Gasteiger partial charge is 0.397 e. The van der Waals surface area contributed by atoms with Gasteiger partial charge in [0.1, 0.15) is 34.6 Å². The van der Waals surface area contributed by atoms with Crippen molar-refractivity contribution in [2.24, 2.45) is 9.98 Å². The number of pyridine rings is 2. The molecule has 8 aromatic heterocycles. The highest BCUT2D eigenvalue weighted by molar-refractivity contribution is 6.34. The fourth-order valence-electron chi connectivity index (χ4n) is 9.14. The number of carbonyl (C=O) groups is 2. The molecule has 20 heteroatoms. The second-order valence-corrected chi connectivity index (χ2v) is 27.5. The van der Waals surface area contributed by atoms with Crippen LogP contribution in [0.4, 0.5) is 11.5 Å². The third-order valence-electron chi connectivity index (χ3n) is 13.6. The van der Waals surface area contributed by atoms with Gasteiger partial charge in [0.15, 0.2) is 17.1 Å². The van der Waals surface area contributed by atoms with E-state index in [1.54, 1.807) is 43.5 Å². The number of imidazole rings is 5. The number of benzene rings is 2. The second kappa shape index (κ2) is 24.4. The maximum atomic E-state index is 11.5. The van der Waals surface area contributed by atoms with Gasteiger partial charge in [-0.2, -0.15) is 0 Å². The molecular weight excluding hydrogens is 1100 g/mol. The number of nitrogen functional groups attached to an aromatic ring is 1. The van der Waals surface area contributed by atoms with Crippen LogP contribution in [0, 0.1) is 6.92 Å². The molecule has 18 nitrogen and oxygen atoms in total. The van der Waals surface area contributed by atoms with E-state index in [1.165, 1.54) is 0 Å². The minimum atomic E-state index is -0.0653. The van der Waals surface area contributed by atoms with Gasteiger partial charge in [-0.3, -0.25) is 14.6 Å². The van der Waals surface area contributed by atoms with E-state index in [-0.39, 0.29) is 51.3 Å². The zero-order valence-corrected chi connectivity index (χ0v) is 53.8. The van der Waals surface area contributed by atoms with Gasteiger partial charge in [0.05, 0.1) is 70.2 Å². The minimum absolute atomic E-state index is 0.00509. The maximum Gasteiger partial charge on any atom is 0.204 e. The van der Waals surface area contributed by atoms with Gasteiger partial charge in [-0.1, -0.05) is 29.3 Å². The van der Waals surface area contributed by atoms with E-state index < -0.39 is 0 Å². The van der Waals surface area contributed by atoms with Crippen LogP contribution < -0.4 is 5.73 Å². The smallest absolute Gasteiger partial charge is 0.204 e. The number of nitrogens with two attached hydrogens (primary N) is 1. The summed E-state index contributed by atoms with van der Waals surface area (Å²) in [5, 5.41) is 1.43. The Morgan fingerprint density at radius 3 is 1.69 bits per heavy atom. The number of hydrogen-bond donors (Lipinski definition) is 1. The van der Waals surface area contributed by atoms with E-state index in [1.807, 2.05) is 88.3 Å². The number of hydrogen-bond acceptors (Lipinski definition) is 12. The summed E-state index contributed by atoms with van der Waals surface area (Å²) >= 11 is 12.1. The summed E-state index contributed by atoms with van der Waals surface area (Å²) in [5.74, 6) is 0.970. The molecule has 444 valence electrons. The number of nitrogens with zero attached hydrogens (tertiary/aromatic N) is 15. The van der Waals surface area contributed by atoms with Gasteiger partial charge in [-0.15, -0.1) is 0 Å². The Kier molecular flexibility index (Phi) is 18.5. The summed E-state index contributed by atoms with van der Waals surface area (Å²) in [7, 11) is 0. The van der Waals surface area contributed by atoms with Crippen LogP contribution in [-0.4, -0.2) is 92.8 Å². The first-order valence-electron chi connectivity index (χ1n) is 28.0. The molecular formula is C64H82Cl2N16O2. The van der Waals surface area contributed by atoms with Crippen molar-refractivity contribution in [1.82, 2.24) is 62.3 Å². The summed E-state index contributed by atoms with van der Waals surface area (Å²) in [6, 6.07) is 17.4. The fourth-order valence-corrected chi connectivity index (χ4v) is 9.49. The molecule has 0 saturated heterocycles. The highest BCUT2D eigenvalue weighted by Crippen LogP contribution is 2.32. The number of para-hydroxylation sites is 1. The molecule has 0 bridgehead atoms. The molecule has 12 rings (SSSR count). The standard InChI is InChI=1S/C12H15ClN2.C11H15N3.C11H14N2O.C10H12ClN3.C10H13N3O.C10H13N3/c1-8-5-11-10(6-9(8)13)14-7-15(11)12(2,3)4;1-11(2,3)14-7-13-10-8(12)5-4-6-9(10)14;1-11(2,3)13-7-5-8-9(14)4-6-12-10(8)13;1-10(2,3)14-6-13-8-7(11)4-5-12-9(8)14;1-10(2,3)13-6-12-9-7(13)4-11-5-8(9)14;1-10(2,3)13-7-12-8-5-4-6-11-9(8)13/h5-7H,1-4H3;4-7H,12H2,1-3H3;5-7H,4H2,1-3H3;4-6H,1-3H3;4,6H,5H2,1-3H3;4-7H,1-3H3. The summed E-state index contributed by atoms with van der Waals surface area (Å²) in [6.07, 6.45) is 18.3. The summed E-state index contributed by atoms with van der Waals surface area (Å²) in [5.41, 5.74) is 17.4. The number of ketones is 2. The Morgan fingerprint density at radius 1 is 0.500 bits per heavy atom. The van der Waals surface area contributed by atoms with Crippen LogP contribution in [0.2, 0.25) is 10.0 Å². The number of anilines is 1. The van der Waals surface area contributed by atoms with Gasteiger partial charge in [0.25, 0.3) is 0 Å². The number of aliphatic imine (C=N–C) groups is 2. The number of aryl methyl sites for hydroxylation is 1. The molecule has 0 amide bonds. The van der Waals surface area contributed by atoms with Crippen molar-refractivity contribution < 1.29 is 9.59 Å². The molecule has 2 aliphatic heterocycles. The average molecular weight is 1180 g/mol. The molecule has 10 heterocycles. The lowest BCUT2D eigenvalue weighted by molar-refractivity contribution is 0.0990. The van der Waals surface area contributed by atoms with Crippen molar-refractivity contribution in [3.63, 3.8) is 0 Å². The lowest BCUT2D eigenvalue weighted by atomic mass is 10.1. The van der Waals surface area contributed by atoms with Crippen LogP contribution in [0.1, 0.15) is 163 Å². The van der Waals surface area contributed by atoms with E-state index in [0.717, 1.165) is 77.7 Å². The maximum absolute atomic E-state index is 11.5. The molecule has 0 aliphatic carbocycles. The number of aromatic nitrogens is 13. The predicted molar refractivity (Wildman–Crippen MR) is 344 cm³/mol. The van der Waals surface area contributed by atoms with Crippen molar-refractivity contribution in [2.45, 2.75) is 171 Å². The average Bonchev–Trinajstić information content (AvgIpc) is 2.75. The highest BCUT2D eigenvalue weighted by atomic mass is 35.5. The zero-order chi connectivity index (χ0) is 62.1. The van der Waals surface area contributed by atoms with Gasteiger partial charge in [-0.25, -0.2) is 39.9 Å². The number of halogens is 2. The van der Waals surface area contributed by atoms with Crippen LogP contribution >= 0.6 is 23.2 Å². The van der Waals surface area contributed by atoms with Crippen molar-refractivity contribution in [2.75, 3.05) is 12.3 Å². The normalized spacial score (nSPS) is 13.4. The number of carbonyl (C=O) groups excluding carboxylic acids is 2. The predicted octanol–water partition coefficient (Wildman–Crippen LogP) is 14.9. The van der Waals surface area contributed by atoms with E-state index in [4.69, 9.17) is 28.9 Å². The number of rotatable bonds is 0. The Balaban J connectivity index is 0.000000145. The number of fused-ring (bicyclic) bond motifs is 6. The molecule has 0 saturated carbocycles. The first kappa shape index (κ1) is 63.7. The molecule has 2 N–H and O–H groups in total. The quantitative estimate of drug-likeness (QED) is 0.142. The Labute approximate surface area is 503 Å². The van der Waals surface area contributed by atoms with Crippen LogP contribution in [0.3, 0.4) is 0 Å². The first-order chi connectivity index (χ1) is 39.0. The highest BCUT2D eigenvalue weighted by Gasteiger charge is 2.26. The number of Topliss-reactive ketones (excluding diaryl/α,β-unsaturated/α-hetero) is 2. The van der Waals surface area contributed by atoms with Crippen LogP contribution in [-0.2, 0) is 33.2 Å². The molecule has 84 heavy (non-hydrogen) atoms. The van der Waals surface area contributed by atoms with Gasteiger partial charge < -0.3 is 33.1 Å². The molecule has 2 aromatic carbocycles. The molecule has 0 spiro atoms. The van der Waals surface area contributed by atoms with Gasteiger partial charge in [0, 0.05) is 75.7 Å². The Bertz CT molecular complexity index is 3860. The second-order valence-electron chi connectivity index (χ2n) is 26.7. The molecule has 10 aromatic rings. The molecule has 0 unspecified atom stereocenters. The van der Waals surface area contributed by atoms with Crippen molar-refractivity contribution >= 4 is 103 Å².